The average Bonchev–Trinajstić information content (AvgIpc) is 2.41. The van der Waals surface area contributed by atoms with Gasteiger partial charge in [-0.05, 0) is 0 Å². The fraction of sp³-hybridized carbons (Fsp3) is 0.722. The Morgan fingerprint density at radius 3 is 2.43 bits per heavy atom. The van der Waals surface area contributed by atoms with Gasteiger partial charge in [-0.1, -0.05) is 0 Å². The number of likely N-dealkylation sites (tertiary alicyclic amines) is 1. The third kappa shape index (κ3) is 4.82. The summed E-state index contributed by atoms with van der Waals surface area (Å²) in [5.74, 6) is 0.280. The van der Waals surface area contributed by atoms with Crippen LogP contribution in [0.1, 0.15) is 34.1 Å². The van der Waals surface area contributed by atoms with Gasteiger partial charge in [-0.3, -0.25) is 0 Å². The van der Waals surface area contributed by atoms with E-state index in [0.717, 1.165) is 18.3 Å². The van der Waals surface area contributed by atoms with E-state index in [2.05, 4.69) is 53.9 Å². The summed E-state index contributed by atoms with van der Waals surface area (Å²) in [7, 11) is -1.85. The first-order valence-corrected chi connectivity index (χ1v) is 13.5. The molecule has 1 heterocycles. The molecule has 5 heteroatoms. The molecule has 1 rings (SSSR count). The van der Waals surface area contributed by atoms with Crippen LogP contribution in [-0.4, -0.2) is 51.7 Å². The summed E-state index contributed by atoms with van der Waals surface area (Å²) in [5.41, 5.74) is 0. The molecule has 132 valence electrons. The Morgan fingerprint density at radius 1 is 1.35 bits per heavy atom. The quantitative estimate of drug-likeness (QED) is 0.331. The minimum absolute atomic E-state index is 0.0000584. The van der Waals surface area contributed by atoms with Gasteiger partial charge in [0.1, 0.15) is 0 Å². The molecule has 0 aromatic rings. The Hall–Kier alpha value is -0.354. The van der Waals surface area contributed by atoms with Gasteiger partial charge in [0.05, 0.1) is 0 Å². The molecule has 0 N–H and O–H groups in total. The third-order valence-electron chi connectivity index (χ3n) is 4.93. The second-order valence-electron chi connectivity index (χ2n) is 7.73. The Bertz CT molecular complexity index is 445. The predicted molar refractivity (Wildman–Crippen MR) is 102 cm³/mol. The first-order valence-electron chi connectivity index (χ1n) is 8.38. The van der Waals surface area contributed by atoms with Crippen molar-refractivity contribution in [1.29, 1.82) is 0 Å². The second kappa shape index (κ2) is 8.15. The van der Waals surface area contributed by atoms with Crippen molar-refractivity contribution in [1.82, 2.24) is 4.90 Å². The predicted octanol–water partition coefficient (Wildman–Crippen LogP) is 4.07. The molecule has 0 aliphatic carbocycles. The molecule has 0 unspecified atom stereocenters. The molecule has 3 nitrogen and oxygen atoms in total. The third-order valence-corrected chi connectivity index (χ3v) is 12.3. The van der Waals surface area contributed by atoms with Crippen LogP contribution in [0, 0.1) is 5.92 Å². The van der Waals surface area contributed by atoms with E-state index in [1.54, 1.807) is 0 Å². The number of allylic oxidation sites excluding steroid dienone is 1. The molecule has 0 radical (unpaired) electrons. The fourth-order valence-electron chi connectivity index (χ4n) is 2.53. The average molecular weight is 403 g/mol. The number of nitrogens with zero attached hydrogens (tertiary/aromatic N) is 1. The zero-order valence-corrected chi connectivity index (χ0v) is 18.3. The van der Waals surface area contributed by atoms with Crippen molar-refractivity contribution in [2.45, 2.75) is 68.6 Å². The molecule has 1 fully saturated rings. The van der Waals surface area contributed by atoms with Crippen molar-refractivity contribution < 1.29 is 9.22 Å². The Morgan fingerprint density at radius 2 is 1.96 bits per heavy atom. The number of carbonyl (C=O) groups is 1. The van der Waals surface area contributed by atoms with E-state index in [9.17, 15) is 4.79 Å². The maximum absolute atomic E-state index is 12.6. The number of amides is 1. The number of rotatable bonds is 9. The van der Waals surface area contributed by atoms with Crippen LogP contribution in [0.4, 0.5) is 0 Å². The zero-order chi connectivity index (χ0) is 17.8. The van der Waals surface area contributed by atoms with E-state index in [0.29, 0.717) is 19.9 Å². The Kier molecular flexibility index (Phi) is 7.33. The van der Waals surface area contributed by atoms with Crippen LogP contribution in [0.5, 0.6) is 0 Å². The Labute approximate surface area is 149 Å². The first-order chi connectivity index (χ1) is 10.6. The molecule has 0 spiro atoms. The van der Waals surface area contributed by atoms with Gasteiger partial charge in [0.15, 0.2) is 0 Å². The summed E-state index contributed by atoms with van der Waals surface area (Å²) in [5, 5.41) is 1.16. The molecular formula is C18H33NO2SeSi. The van der Waals surface area contributed by atoms with Crippen LogP contribution in [0.25, 0.3) is 0 Å². The SMILES string of the molecule is C=CCCN1C(=O)[C@H]([C@@H](C)O[Si](C)(C)C(C)(C)C)[C@H]1[Se]CC=C. The minimum atomic E-state index is -1.85. The van der Waals surface area contributed by atoms with E-state index in [1.807, 2.05) is 17.1 Å². The van der Waals surface area contributed by atoms with Gasteiger partial charge in [0.25, 0.3) is 0 Å². The topological polar surface area (TPSA) is 29.5 Å². The number of hydrogen-bond donors (Lipinski definition) is 0. The van der Waals surface area contributed by atoms with Gasteiger partial charge >= 0.3 is 150 Å². The molecule has 0 aromatic carbocycles. The van der Waals surface area contributed by atoms with Gasteiger partial charge < -0.3 is 0 Å². The van der Waals surface area contributed by atoms with Gasteiger partial charge in [-0.25, -0.2) is 0 Å². The fourth-order valence-corrected chi connectivity index (χ4v) is 6.62. The molecule has 1 saturated heterocycles. The monoisotopic (exact) mass is 403 g/mol. The van der Waals surface area contributed by atoms with E-state index < -0.39 is 8.32 Å². The van der Waals surface area contributed by atoms with Crippen LogP contribution in [0.2, 0.25) is 23.5 Å². The number of carbonyl (C=O) groups excluding carboxylic acids is 1. The summed E-state index contributed by atoms with van der Waals surface area (Å²) in [4.78, 5) is 15.0. The van der Waals surface area contributed by atoms with Crippen molar-refractivity contribution in [3.8, 4) is 0 Å². The molecule has 1 aliphatic heterocycles. The molecule has 0 aromatic heterocycles. The van der Waals surface area contributed by atoms with Crippen LogP contribution >= 0.6 is 0 Å². The van der Waals surface area contributed by atoms with Crippen molar-refractivity contribution in [3.63, 3.8) is 0 Å². The molecule has 0 saturated carbocycles. The molecule has 3 atom stereocenters. The van der Waals surface area contributed by atoms with Gasteiger partial charge in [-0.15, -0.1) is 0 Å². The normalized spacial score (nSPS) is 23.4. The van der Waals surface area contributed by atoms with Crippen LogP contribution in [0.3, 0.4) is 0 Å². The van der Waals surface area contributed by atoms with Gasteiger partial charge in [0, 0.05) is 0 Å². The molecule has 0 bridgehead atoms. The van der Waals surface area contributed by atoms with E-state index in [4.69, 9.17) is 4.43 Å². The number of hydrogen-bond acceptors (Lipinski definition) is 2. The van der Waals surface area contributed by atoms with Crippen LogP contribution in [0.15, 0.2) is 25.3 Å². The van der Waals surface area contributed by atoms with Gasteiger partial charge in [-0.2, -0.15) is 0 Å². The standard InChI is InChI=1S/C18H33NO2SeSi/c1-9-11-12-19-16(20)15(17(19)22-13-10-2)14(3)21-23(7,8)18(4,5)6/h9-10,14-15,17H,1-2,11-13H2,3-8H3/t14-,15+,17-/m1/s1. The molecule has 1 aliphatic rings. The van der Waals surface area contributed by atoms with Crippen LogP contribution < -0.4 is 0 Å². The van der Waals surface area contributed by atoms with Crippen LogP contribution in [-0.2, 0) is 9.22 Å². The van der Waals surface area contributed by atoms with Crippen molar-refractivity contribution in [2.24, 2.45) is 5.92 Å². The van der Waals surface area contributed by atoms with Gasteiger partial charge in [0.2, 0.25) is 0 Å². The summed E-state index contributed by atoms with van der Waals surface area (Å²) < 4.78 is 6.50. The summed E-state index contributed by atoms with van der Waals surface area (Å²) in [6.07, 6.45) is 4.70. The maximum atomic E-state index is 12.6. The summed E-state index contributed by atoms with van der Waals surface area (Å²) in [6, 6.07) is 0. The van der Waals surface area contributed by atoms with E-state index >= 15 is 0 Å². The molecule has 23 heavy (non-hydrogen) atoms. The number of β-lactam (4-membered cyclic amide) rings is 1. The second-order valence-corrected chi connectivity index (χ2v) is 14.9. The van der Waals surface area contributed by atoms with Crippen molar-refractivity contribution >= 4 is 29.2 Å². The van der Waals surface area contributed by atoms with E-state index in [-0.39, 0.29) is 23.0 Å². The van der Waals surface area contributed by atoms with E-state index in [1.165, 1.54) is 0 Å². The van der Waals surface area contributed by atoms with Crippen molar-refractivity contribution in [3.05, 3.63) is 25.3 Å². The van der Waals surface area contributed by atoms with Crippen molar-refractivity contribution in [2.75, 3.05) is 6.54 Å². The zero-order valence-electron chi connectivity index (χ0n) is 15.6. The summed E-state index contributed by atoms with van der Waals surface area (Å²) in [6.45, 7) is 21.7. The first kappa shape index (κ1) is 20.7. The molecular weight excluding hydrogens is 369 g/mol. The Balaban J connectivity index is 2.81. The summed E-state index contributed by atoms with van der Waals surface area (Å²) >= 11 is 0.368. The molecule has 1 amide bonds.